The van der Waals surface area contributed by atoms with E-state index in [0.29, 0.717) is 11.9 Å². The van der Waals surface area contributed by atoms with Crippen molar-refractivity contribution in [3.63, 3.8) is 0 Å². The molecule has 0 fully saturated rings. The molecule has 266 valence electrons. The second kappa shape index (κ2) is 28.4. The summed E-state index contributed by atoms with van der Waals surface area (Å²) < 4.78 is 9.64. The monoisotopic (exact) mass is 770 g/mol. The quantitative estimate of drug-likeness (QED) is 0.113. The van der Waals surface area contributed by atoms with Gasteiger partial charge in [-0.25, -0.2) is 0 Å². The van der Waals surface area contributed by atoms with Crippen LogP contribution < -0.4 is 0 Å². The van der Waals surface area contributed by atoms with Gasteiger partial charge in [0.1, 0.15) is 0 Å². The molecule has 0 rings (SSSR count). The molecular formula is C30H76Mn2N8Si4. The molecule has 0 N–H and O–H groups in total. The third-order valence-corrected chi connectivity index (χ3v) is 16.3. The summed E-state index contributed by atoms with van der Waals surface area (Å²) in [6, 6.07) is 0. The predicted molar refractivity (Wildman–Crippen MR) is 209 cm³/mol. The van der Waals surface area contributed by atoms with Crippen molar-refractivity contribution in [2.24, 2.45) is 0 Å². The van der Waals surface area contributed by atoms with E-state index in [4.69, 9.17) is 9.30 Å². The number of rotatable bonds is 12. The Morgan fingerprint density at radius 1 is 0.364 bits per heavy atom. The molecule has 44 heavy (non-hydrogen) atoms. The van der Waals surface area contributed by atoms with Gasteiger partial charge in [0.15, 0.2) is 0 Å². The molecule has 0 aromatic carbocycles. The van der Waals surface area contributed by atoms with Gasteiger partial charge in [0, 0.05) is 11.9 Å². The molecule has 0 aromatic rings. The summed E-state index contributed by atoms with van der Waals surface area (Å²) in [7, 11) is -4.42. The summed E-state index contributed by atoms with van der Waals surface area (Å²) in [4.78, 5) is 7.81. The first-order valence-electron chi connectivity index (χ1n) is 16.4. The third kappa shape index (κ3) is 36.8. The minimum atomic E-state index is -1.11. The van der Waals surface area contributed by atoms with Gasteiger partial charge in [0.2, 0.25) is 0 Å². The maximum atomic E-state index is 9.74. The van der Waals surface area contributed by atoms with Gasteiger partial charge in [0.05, 0.1) is 0 Å². The maximum absolute atomic E-state index is 9.74. The van der Waals surface area contributed by atoms with Crippen LogP contribution in [0, 0.1) is 0 Å². The molecule has 0 aliphatic carbocycles. The first kappa shape index (κ1) is 56.7. The normalized spacial score (nSPS) is 11.0. The molecule has 0 aliphatic rings. The fourth-order valence-electron chi connectivity index (χ4n) is 4.44. The van der Waals surface area contributed by atoms with Gasteiger partial charge in [0.25, 0.3) is 0 Å². The number of nitrogens with zero attached hydrogens (tertiary/aromatic N) is 8. The van der Waals surface area contributed by atoms with Crippen molar-refractivity contribution in [3.8, 4) is 0 Å². The molecule has 0 amide bonds. The molecule has 0 spiro atoms. The molecule has 0 saturated heterocycles. The number of hydrogen-bond acceptors (Lipinski definition) is 0. The van der Waals surface area contributed by atoms with Gasteiger partial charge in [-0.2, -0.15) is 0 Å². The second-order valence-corrected chi connectivity index (χ2v) is 33.4. The first-order valence-corrected chi connectivity index (χ1v) is 30.2. The van der Waals surface area contributed by atoms with E-state index >= 15 is 0 Å². The summed E-state index contributed by atoms with van der Waals surface area (Å²) in [6.45, 7) is 50.8. The van der Waals surface area contributed by atoms with Crippen molar-refractivity contribution in [2.45, 2.75) is 134 Å². The van der Waals surface area contributed by atoms with Crippen molar-refractivity contribution in [3.05, 3.63) is 20.1 Å². The molecule has 2 radical (unpaired) electrons. The molecule has 14 heteroatoms. The van der Waals surface area contributed by atoms with E-state index in [1.165, 1.54) is 0 Å². The van der Waals surface area contributed by atoms with Gasteiger partial charge >= 0.3 is 34.1 Å². The molecular weight excluding hydrogens is 695 g/mol. The zero-order valence-electron chi connectivity index (χ0n) is 33.0. The summed E-state index contributed by atoms with van der Waals surface area (Å²) in [5, 5.41) is 19.5. The zero-order chi connectivity index (χ0) is 34.5. The number of guanidine groups is 2. The van der Waals surface area contributed by atoms with Gasteiger partial charge < -0.3 is 39.7 Å². The van der Waals surface area contributed by atoms with Crippen LogP contribution in [0.4, 0.5) is 0 Å². The van der Waals surface area contributed by atoms with E-state index < -0.39 is 32.9 Å². The smallest absolute Gasteiger partial charge is 0.668 e. The Balaban J connectivity index is -0.000000109. The minimum Gasteiger partial charge on any atom is -0.668 e. The van der Waals surface area contributed by atoms with E-state index in [-0.39, 0.29) is 34.1 Å². The zero-order valence-corrected chi connectivity index (χ0v) is 39.4. The largest absolute Gasteiger partial charge is 2.00 e. The summed E-state index contributed by atoms with van der Waals surface area (Å²) in [6.07, 6.45) is 0. The maximum Gasteiger partial charge on any atom is 2.00 e. The van der Waals surface area contributed by atoms with E-state index in [1.807, 2.05) is 75.0 Å². The second-order valence-electron chi connectivity index (χ2n) is 14.2. The summed E-state index contributed by atoms with van der Waals surface area (Å²) in [5.74, 6) is 0.815. The van der Waals surface area contributed by atoms with Crippen LogP contribution in [-0.2, 0) is 34.1 Å². The molecule has 0 aromatic heterocycles. The fraction of sp³-hybridized carbons (Fsp3) is 0.933. The standard InChI is InChI=1S/2C9H20N3.2C6H18NSi2.2Mn/c2*1-5-11(6-2)9(10)12(7-3)8-4;2*1-8(2,3)7-9(4,5)6;;/h2*5-8H2,1-4H3;2*1-6H3;;/q4*-1;2*+2. The van der Waals surface area contributed by atoms with Crippen LogP contribution in [-0.4, -0.2) is 117 Å². The van der Waals surface area contributed by atoms with Crippen molar-refractivity contribution in [2.75, 3.05) is 52.4 Å². The summed E-state index contributed by atoms with van der Waals surface area (Å²) in [5.41, 5.74) is 0. The Bertz CT molecular complexity index is 566. The van der Waals surface area contributed by atoms with E-state index in [9.17, 15) is 10.8 Å². The molecule has 0 atom stereocenters. The molecule has 8 nitrogen and oxygen atoms in total. The van der Waals surface area contributed by atoms with Crippen LogP contribution in [0.5, 0.6) is 0 Å². The van der Waals surface area contributed by atoms with Gasteiger partial charge in [-0.15, -0.1) is 0 Å². The average molecular weight is 771 g/mol. The Labute approximate surface area is 303 Å². The first-order chi connectivity index (χ1) is 18.8. The van der Waals surface area contributed by atoms with Crippen LogP contribution in [0.2, 0.25) is 78.6 Å². The van der Waals surface area contributed by atoms with Crippen molar-refractivity contribution in [1.82, 2.24) is 19.6 Å². The van der Waals surface area contributed by atoms with Gasteiger partial charge in [-0.1, -0.05) is 167 Å². The van der Waals surface area contributed by atoms with Crippen LogP contribution in [0.3, 0.4) is 0 Å². The molecule has 0 unspecified atom stereocenters. The van der Waals surface area contributed by atoms with Gasteiger partial charge in [-0.3, -0.25) is 0 Å². The van der Waals surface area contributed by atoms with Crippen molar-refractivity contribution in [1.29, 1.82) is 0 Å². The van der Waals surface area contributed by atoms with Crippen molar-refractivity contribution >= 4 is 44.9 Å². The third-order valence-electron chi connectivity index (χ3n) is 5.53. The Morgan fingerprint density at radius 3 is 0.523 bits per heavy atom. The average Bonchev–Trinajstić information content (AvgIpc) is 2.79. The van der Waals surface area contributed by atoms with Gasteiger partial charge in [-0.05, 0) is 52.4 Å². The van der Waals surface area contributed by atoms with Crippen LogP contribution in [0.1, 0.15) is 55.4 Å². The van der Waals surface area contributed by atoms with E-state index in [2.05, 4.69) is 78.6 Å². The Kier molecular flexibility index (Phi) is 36.6. The SMILES string of the molecule is CCN(CC)C(=[N-])N(CC)CC.CCN(CC)C(=[N-])N(CC)CC.C[Si](C)(C)[N-][Si](C)(C)C.C[Si](C)(C)[N-][Si](C)(C)C.[Mn+2].[Mn+2]. The van der Waals surface area contributed by atoms with Crippen LogP contribution in [0.15, 0.2) is 0 Å². The predicted octanol–water partition coefficient (Wildman–Crippen LogP) is 9.25. The van der Waals surface area contributed by atoms with E-state index in [0.717, 1.165) is 52.4 Å². The molecule has 0 heterocycles. The molecule has 0 saturated carbocycles. The van der Waals surface area contributed by atoms with Crippen molar-refractivity contribution < 1.29 is 34.1 Å². The van der Waals surface area contributed by atoms with E-state index in [1.54, 1.807) is 0 Å². The van der Waals surface area contributed by atoms with Crippen LogP contribution >= 0.6 is 0 Å². The molecule has 0 aliphatic heterocycles. The Hall–Kier alpha value is 0.366. The minimum absolute atomic E-state index is 0. The molecule has 0 bridgehead atoms. The number of hydrogen-bond donors (Lipinski definition) is 0. The Morgan fingerprint density at radius 2 is 0.477 bits per heavy atom. The van der Waals surface area contributed by atoms with Crippen LogP contribution in [0.25, 0.3) is 20.1 Å². The summed E-state index contributed by atoms with van der Waals surface area (Å²) >= 11 is 0. The topological polar surface area (TPSA) is 85.8 Å². The fourth-order valence-corrected chi connectivity index (χ4v) is 20.5.